The first-order valence-electron chi connectivity index (χ1n) is 5.58. The van der Waals surface area contributed by atoms with Gasteiger partial charge in [-0.05, 0) is 24.9 Å². The Kier molecular flexibility index (Phi) is 3.39. The molecule has 0 amide bonds. The van der Waals surface area contributed by atoms with Gasteiger partial charge < -0.3 is 0 Å². The third-order valence-electron chi connectivity index (χ3n) is 2.62. The second-order valence-corrected chi connectivity index (χ2v) is 4.23. The summed E-state index contributed by atoms with van der Waals surface area (Å²) >= 11 is 5.80. The molecule has 2 aromatic rings. The predicted octanol–water partition coefficient (Wildman–Crippen LogP) is 2.98. The molecule has 16 heavy (non-hydrogen) atoms. The second kappa shape index (κ2) is 4.78. The van der Waals surface area contributed by atoms with Crippen LogP contribution in [0.25, 0.3) is 11.0 Å². The molecular formula is C11H15ClN4. The molecule has 0 aliphatic carbocycles. The monoisotopic (exact) mass is 238 g/mol. The van der Waals surface area contributed by atoms with E-state index in [9.17, 15) is 0 Å². The number of hydrogen-bond donors (Lipinski definition) is 0. The zero-order valence-corrected chi connectivity index (χ0v) is 10.3. The fraction of sp³-hybridized carbons (Fsp3) is 0.545. The number of nitrogens with zero attached hydrogens (tertiary/aromatic N) is 4. The summed E-state index contributed by atoms with van der Waals surface area (Å²) in [4.78, 5) is 8.21. The van der Waals surface area contributed by atoms with Crippen LogP contribution in [-0.2, 0) is 6.54 Å². The van der Waals surface area contributed by atoms with Crippen molar-refractivity contribution in [3.63, 3.8) is 0 Å². The summed E-state index contributed by atoms with van der Waals surface area (Å²) in [6, 6.07) is 0. The minimum Gasteiger partial charge on any atom is -0.247 e. The second-order valence-electron chi connectivity index (χ2n) is 3.89. The molecule has 5 heteroatoms. The van der Waals surface area contributed by atoms with Crippen molar-refractivity contribution >= 4 is 22.6 Å². The highest BCUT2D eigenvalue weighted by molar-refractivity contribution is 6.28. The van der Waals surface area contributed by atoms with Crippen molar-refractivity contribution in [1.82, 2.24) is 19.7 Å². The summed E-state index contributed by atoms with van der Waals surface area (Å²) < 4.78 is 1.92. The molecule has 2 heterocycles. The first-order valence-corrected chi connectivity index (χ1v) is 5.96. The zero-order chi connectivity index (χ0) is 11.5. The lowest BCUT2D eigenvalue weighted by atomic mass is 10.2. The third kappa shape index (κ3) is 2.16. The fourth-order valence-corrected chi connectivity index (χ4v) is 1.88. The Morgan fingerprint density at radius 1 is 1.38 bits per heavy atom. The van der Waals surface area contributed by atoms with Gasteiger partial charge in [0.15, 0.2) is 5.65 Å². The minimum atomic E-state index is 0.282. The first kappa shape index (κ1) is 11.3. The number of fused-ring (bicyclic) bond motifs is 1. The van der Waals surface area contributed by atoms with Crippen LogP contribution in [0, 0.1) is 6.92 Å². The van der Waals surface area contributed by atoms with E-state index in [4.69, 9.17) is 11.6 Å². The number of rotatable bonds is 4. The van der Waals surface area contributed by atoms with E-state index in [1.165, 1.54) is 12.8 Å². The standard InChI is InChI=1S/C11H15ClN4/c1-3-4-5-6-16-10-9(8(2)15-16)7-13-11(12)14-10/h7H,3-6H2,1-2H3. The molecule has 2 aromatic heterocycles. The molecule has 0 aliphatic rings. The van der Waals surface area contributed by atoms with Crippen LogP contribution in [0.15, 0.2) is 6.20 Å². The molecule has 2 rings (SSSR count). The van der Waals surface area contributed by atoms with Crippen molar-refractivity contribution in [2.24, 2.45) is 0 Å². The summed E-state index contributed by atoms with van der Waals surface area (Å²) in [7, 11) is 0. The molecular weight excluding hydrogens is 224 g/mol. The molecule has 0 radical (unpaired) electrons. The van der Waals surface area contributed by atoms with Crippen LogP contribution < -0.4 is 0 Å². The van der Waals surface area contributed by atoms with E-state index in [1.807, 2.05) is 11.6 Å². The summed E-state index contributed by atoms with van der Waals surface area (Å²) in [6.45, 7) is 5.05. The van der Waals surface area contributed by atoms with E-state index in [-0.39, 0.29) is 5.28 Å². The maximum Gasteiger partial charge on any atom is 0.224 e. The van der Waals surface area contributed by atoms with Crippen LogP contribution in [0.4, 0.5) is 0 Å². The smallest absolute Gasteiger partial charge is 0.224 e. The van der Waals surface area contributed by atoms with Crippen LogP contribution in [0.1, 0.15) is 31.9 Å². The average Bonchev–Trinajstić information content (AvgIpc) is 2.56. The van der Waals surface area contributed by atoms with Crippen molar-refractivity contribution in [3.05, 3.63) is 17.2 Å². The molecule has 0 atom stereocenters. The van der Waals surface area contributed by atoms with Crippen LogP contribution in [0.2, 0.25) is 5.28 Å². The number of halogens is 1. The molecule has 0 bridgehead atoms. The van der Waals surface area contributed by atoms with Gasteiger partial charge in [0.2, 0.25) is 5.28 Å². The summed E-state index contributed by atoms with van der Waals surface area (Å²) in [5, 5.41) is 5.73. The molecule has 0 saturated carbocycles. The van der Waals surface area contributed by atoms with Crippen molar-refractivity contribution < 1.29 is 0 Å². The number of aryl methyl sites for hydroxylation is 2. The Hall–Kier alpha value is -1.16. The van der Waals surface area contributed by atoms with Gasteiger partial charge in [0.25, 0.3) is 0 Å². The van der Waals surface area contributed by atoms with Gasteiger partial charge >= 0.3 is 0 Å². The normalized spacial score (nSPS) is 11.2. The zero-order valence-electron chi connectivity index (χ0n) is 9.57. The molecule has 0 spiro atoms. The summed E-state index contributed by atoms with van der Waals surface area (Å²) in [5.74, 6) is 0. The summed E-state index contributed by atoms with van der Waals surface area (Å²) in [6.07, 6.45) is 5.27. The van der Waals surface area contributed by atoms with Gasteiger partial charge in [-0.15, -0.1) is 0 Å². The van der Waals surface area contributed by atoms with E-state index >= 15 is 0 Å². The Bertz CT molecular complexity index is 492. The van der Waals surface area contributed by atoms with Gasteiger partial charge in [0, 0.05) is 12.7 Å². The van der Waals surface area contributed by atoms with Gasteiger partial charge in [0.1, 0.15) is 0 Å². The molecule has 0 aromatic carbocycles. The Labute approximate surface area is 99.7 Å². The minimum absolute atomic E-state index is 0.282. The first-order chi connectivity index (χ1) is 7.72. The SMILES string of the molecule is CCCCCn1nc(C)c2cnc(Cl)nc21. The van der Waals surface area contributed by atoms with Crippen LogP contribution >= 0.6 is 11.6 Å². The van der Waals surface area contributed by atoms with E-state index in [2.05, 4.69) is 22.0 Å². The summed E-state index contributed by atoms with van der Waals surface area (Å²) in [5.41, 5.74) is 1.80. The maximum atomic E-state index is 5.80. The van der Waals surface area contributed by atoms with Gasteiger partial charge in [-0.2, -0.15) is 10.1 Å². The van der Waals surface area contributed by atoms with Crippen molar-refractivity contribution in [2.75, 3.05) is 0 Å². The Morgan fingerprint density at radius 2 is 2.19 bits per heavy atom. The van der Waals surface area contributed by atoms with Crippen LogP contribution in [0.5, 0.6) is 0 Å². The van der Waals surface area contributed by atoms with E-state index in [0.717, 1.165) is 29.7 Å². The Balaban J connectivity index is 2.33. The van der Waals surface area contributed by atoms with E-state index in [0.29, 0.717) is 0 Å². The highest BCUT2D eigenvalue weighted by Gasteiger charge is 2.09. The van der Waals surface area contributed by atoms with Gasteiger partial charge in [0.05, 0.1) is 11.1 Å². The largest absolute Gasteiger partial charge is 0.247 e. The lowest BCUT2D eigenvalue weighted by molar-refractivity contribution is 0.561. The number of hydrogen-bond acceptors (Lipinski definition) is 3. The topological polar surface area (TPSA) is 43.6 Å². The van der Waals surface area contributed by atoms with E-state index in [1.54, 1.807) is 6.20 Å². The van der Waals surface area contributed by atoms with Gasteiger partial charge in [-0.3, -0.25) is 0 Å². The van der Waals surface area contributed by atoms with Gasteiger partial charge in [-0.25, -0.2) is 9.67 Å². The lowest BCUT2D eigenvalue weighted by Gasteiger charge is -2.01. The van der Waals surface area contributed by atoms with Crippen molar-refractivity contribution in [3.8, 4) is 0 Å². The van der Waals surface area contributed by atoms with Gasteiger partial charge in [-0.1, -0.05) is 19.8 Å². The quantitative estimate of drug-likeness (QED) is 0.608. The average molecular weight is 239 g/mol. The predicted molar refractivity (Wildman–Crippen MR) is 64.6 cm³/mol. The van der Waals surface area contributed by atoms with Crippen LogP contribution in [-0.4, -0.2) is 19.7 Å². The van der Waals surface area contributed by atoms with Crippen molar-refractivity contribution in [2.45, 2.75) is 39.7 Å². The molecule has 0 unspecified atom stereocenters. The fourth-order valence-electron chi connectivity index (χ4n) is 1.75. The molecule has 4 nitrogen and oxygen atoms in total. The highest BCUT2D eigenvalue weighted by atomic mass is 35.5. The van der Waals surface area contributed by atoms with E-state index < -0.39 is 0 Å². The van der Waals surface area contributed by atoms with Crippen molar-refractivity contribution in [1.29, 1.82) is 0 Å². The number of aromatic nitrogens is 4. The maximum absolute atomic E-state index is 5.80. The Morgan fingerprint density at radius 3 is 2.94 bits per heavy atom. The third-order valence-corrected chi connectivity index (χ3v) is 2.80. The molecule has 86 valence electrons. The van der Waals surface area contributed by atoms with Crippen LogP contribution in [0.3, 0.4) is 0 Å². The molecule has 0 saturated heterocycles. The molecule has 0 aliphatic heterocycles. The highest BCUT2D eigenvalue weighted by Crippen LogP contribution is 2.17. The lowest BCUT2D eigenvalue weighted by Crippen LogP contribution is -2.01. The molecule has 0 N–H and O–H groups in total. The number of unbranched alkanes of at least 4 members (excludes halogenated alkanes) is 2. The molecule has 0 fully saturated rings.